The molecule has 1 aromatic rings. The summed E-state index contributed by atoms with van der Waals surface area (Å²) in [6.45, 7) is 11.8. The molecule has 0 aromatic heterocycles. The van der Waals surface area contributed by atoms with Crippen LogP contribution < -0.4 is 0 Å². The standard InChI is InChI=1S/C19H26BNO/c1-15(2)21(16(3)4)20-19(13-14-22-20)17(5)11-12-18-9-7-6-8-10-18/h6-10,15-16H,13-14H2,1-5H3/b19-17+. The molecule has 1 saturated heterocycles. The monoisotopic (exact) mass is 295 g/mol. The Morgan fingerprint density at radius 3 is 2.36 bits per heavy atom. The van der Waals surface area contributed by atoms with Gasteiger partial charge < -0.3 is 9.47 Å². The van der Waals surface area contributed by atoms with Crippen molar-refractivity contribution >= 4 is 7.05 Å². The molecule has 1 fully saturated rings. The average Bonchev–Trinajstić information content (AvgIpc) is 2.94. The van der Waals surface area contributed by atoms with Crippen LogP contribution in [0.5, 0.6) is 0 Å². The van der Waals surface area contributed by atoms with Crippen molar-refractivity contribution in [3.63, 3.8) is 0 Å². The maximum absolute atomic E-state index is 6.02. The lowest BCUT2D eigenvalue weighted by molar-refractivity contribution is 0.236. The molecule has 0 aliphatic carbocycles. The molecule has 2 rings (SSSR count). The van der Waals surface area contributed by atoms with Gasteiger partial charge in [-0.3, -0.25) is 0 Å². The molecule has 1 aromatic carbocycles. The van der Waals surface area contributed by atoms with Crippen LogP contribution in [0.15, 0.2) is 41.4 Å². The van der Waals surface area contributed by atoms with E-state index in [2.05, 4.69) is 51.3 Å². The molecule has 1 aliphatic rings. The van der Waals surface area contributed by atoms with Crippen LogP contribution in [0.2, 0.25) is 0 Å². The highest BCUT2D eigenvalue weighted by atomic mass is 16.4. The molecule has 2 nitrogen and oxygen atoms in total. The summed E-state index contributed by atoms with van der Waals surface area (Å²) in [7, 11) is 0.0741. The van der Waals surface area contributed by atoms with Gasteiger partial charge in [-0.2, -0.15) is 0 Å². The van der Waals surface area contributed by atoms with E-state index in [1.807, 2.05) is 30.3 Å². The number of nitrogens with zero attached hydrogens (tertiary/aromatic N) is 1. The zero-order chi connectivity index (χ0) is 16.1. The Bertz CT molecular complexity index is 572. The maximum Gasteiger partial charge on any atom is 0.415 e. The van der Waals surface area contributed by atoms with E-state index in [9.17, 15) is 0 Å². The summed E-state index contributed by atoms with van der Waals surface area (Å²) in [6.07, 6.45) is 0.982. The zero-order valence-electron chi connectivity index (χ0n) is 14.4. The fraction of sp³-hybridized carbons (Fsp3) is 0.474. The molecule has 0 spiro atoms. The number of benzene rings is 1. The van der Waals surface area contributed by atoms with Crippen molar-refractivity contribution in [2.45, 2.75) is 53.1 Å². The van der Waals surface area contributed by atoms with Gasteiger partial charge in [0.1, 0.15) is 0 Å². The van der Waals surface area contributed by atoms with Gasteiger partial charge in [0.25, 0.3) is 0 Å². The second-order valence-electron chi connectivity index (χ2n) is 6.37. The molecule has 0 radical (unpaired) electrons. The van der Waals surface area contributed by atoms with E-state index in [-0.39, 0.29) is 7.05 Å². The first kappa shape index (κ1) is 16.9. The normalized spacial score (nSPS) is 17.2. The molecular formula is C19H26BNO. The lowest BCUT2D eigenvalue weighted by Crippen LogP contribution is -2.49. The Morgan fingerprint density at radius 1 is 1.14 bits per heavy atom. The van der Waals surface area contributed by atoms with E-state index in [1.54, 1.807) is 0 Å². The molecule has 0 N–H and O–H groups in total. The Labute approximate surface area is 135 Å². The minimum absolute atomic E-state index is 0.0741. The largest absolute Gasteiger partial charge is 0.417 e. The summed E-state index contributed by atoms with van der Waals surface area (Å²) < 4.78 is 6.02. The lowest BCUT2D eigenvalue weighted by atomic mass is 9.67. The highest BCUT2D eigenvalue weighted by Crippen LogP contribution is 2.26. The quantitative estimate of drug-likeness (QED) is 0.619. The first-order valence-electron chi connectivity index (χ1n) is 8.16. The molecule has 0 amide bonds. The molecular weight excluding hydrogens is 269 g/mol. The molecule has 0 unspecified atom stereocenters. The Kier molecular flexibility index (Phi) is 5.88. The van der Waals surface area contributed by atoms with Crippen LogP contribution in [0, 0.1) is 11.8 Å². The topological polar surface area (TPSA) is 12.5 Å². The van der Waals surface area contributed by atoms with E-state index >= 15 is 0 Å². The Morgan fingerprint density at radius 2 is 1.77 bits per heavy atom. The highest BCUT2D eigenvalue weighted by Gasteiger charge is 2.37. The number of hydrogen-bond donors (Lipinski definition) is 0. The molecule has 22 heavy (non-hydrogen) atoms. The van der Waals surface area contributed by atoms with Gasteiger partial charge in [-0.25, -0.2) is 0 Å². The molecule has 0 bridgehead atoms. The van der Waals surface area contributed by atoms with Crippen LogP contribution in [-0.4, -0.2) is 30.6 Å². The van der Waals surface area contributed by atoms with E-state index < -0.39 is 0 Å². The molecule has 0 atom stereocenters. The highest BCUT2D eigenvalue weighted by molar-refractivity contribution is 6.58. The maximum atomic E-state index is 6.02. The van der Waals surface area contributed by atoms with E-state index in [0.29, 0.717) is 12.1 Å². The first-order chi connectivity index (χ1) is 10.5. The van der Waals surface area contributed by atoms with Crippen molar-refractivity contribution in [2.75, 3.05) is 6.61 Å². The third-order valence-electron chi connectivity index (χ3n) is 4.06. The van der Waals surface area contributed by atoms with Gasteiger partial charge in [-0.1, -0.05) is 57.7 Å². The lowest BCUT2D eigenvalue weighted by Gasteiger charge is -2.34. The minimum atomic E-state index is 0.0741. The molecule has 0 saturated carbocycles. The predicted molar refractivity (Wildman–Crippen MR) is 94.5 cm³/mol. The molecule has 116 valence electrons. The second-order valence-corrected chi connectivity index (χ2v) is 6.37. The van der Waals surface area contributed by atoms with E-state index in [1.165, 1.54) is 5.47 Å². The SMILES string of the molecule is C/C(C#Cc1ccccc1)=C1/CCOB1N(C(C)C)C(C)C. The second kappa shape index (κ2) is 7.67. The molecule has 1 aliphatic heterocycles. The summed E-state index contributed by atoms with van der Waals surface area (Å²) in [4.78, 5) is 2.43. The summed E-state index contributed by atoms with van der Waals surface area (Å²) in [5.41, 5.74) is 3.55. The predicted octanol–water partition coefficient (Wildman–Crippen LogP) is 3.92. The molecule has 3 heteroatoms. The van der Waals surface area contributed by atoms with Gasteiger partial charge in [0.15, 0.2) is 0 Å². The zero-order valence-corrected chi connectivity index (χ0v) is 14.4. The smallest absolute Gasteiger partial charge is 0.415 e. The van der Waals surface area contributed by atoms with Gasteiger partial charge in [0.2, 0.25) is 0 Å². The number of hydrogen-bond acceptors (Lipinski definition) is 2. The minimum Gasteiger partial charge on any atom is -0.417 e. The van der Waals surface area contributed by atoms with Crippen LogP contribution >= 0.6 is 0 Å². The van der Waals surface area contributed by atoms with Crippen LogP contribution in [-0.2, 0) is 4.65 Å². The van der Waals surface area contributed by atoms with Gasteiger partial charge in [-0.05, 0) is 48.6 Å². The van der Waals surface area contributed by atoms with Crippen molar-refractivity contribution < 1.29 is 4.65 Å². The fourth-order valence-corrected chi connectivity index (χ4v) is 3.05. The van der Waals surface area contributed by atoms with Crippen molar-refractivity contribution in [1.82, 2.24) is 4.81 Å². The first-order valence-corrected chi connectivity index (χ1v) is 8.16. The van der Waals surface area contributed by atoms with Crippen LogP contribution in [0.4, 0.5) is 0 Å². The van der Waals surface area contributed by atoms with Crippen molar-refractivity contribution in [3.8, 4) is 11.8 Å². The van der Waals surface area contributed by atoms with Gasteiger partial charge >= 0.3 is 7.05 Å². The Hall–Kier alpha value is -1.50. The molecule has 1 heterocycles. The average molecular weight is 295 g/mol. The third-order valence-corrected chi connectivity index (χ3v) is 4.06. The van der Waals surface area contributed by atoms with Crippen LogP contribution in [0.1, 0.15) is 46.6 Å². The Balaban J connectivity index is 2.26. The van der Waals surface area contributed by atoms with E-state index in [4.69, 9.17) is 4.65 Å². The fourth-order valence-electron chi connectivity index (χ4n) is 3.05. The van der Waals surface area contributed by atoms with Gasteiger partial charge in [0.05, 0.1) is 0 Å². The third kappa shape index (κ3) is 4.03. The summed E-state index contributed by atoms with van der Waals surface area (Å²) in [6, 6.07) is 11.0. The summed E-state index contributed by atoms with van der Waals surface area (Å²) in [5, 5.41) is 0. The summed E-state index contributed by atoms with van der Waals surface area (Å²) in [5.74, 6) is 6.58. The van der Waals surface area contributed by atoms with Crippen LogP contribution in [0.25, 0.3) is 0 Å². The van der Waals surface area contributed by atoms with E-state index in [0.717, 1.165) is 24.2 Å². The number of rotatable bonds is 3. The number of allylic oxidation sites excluding steroid dienone is 1. The summed E-state index contributed by atoms with van der Waals surface area (Å²) >= 11 is 0. The van der Waals surface area contributed by atoms with Crippen molar-refractivity contribution in [3.05, 3.63) is 46.9 Å². The van der Waals surface area contributed by atoms with Crippen molar-refractivity contribution in [2.24, 2.45) is 0 Å². The van der Waals surface area contributed by atoms with Gasteiger partial charge in [-0.15, -0.1) is 0 Å². The van der Waals surface area contributed by atoms with Crippen molar-refractivity contribution in [1.29, 1.82) is 0 Å². The van der Waals surface area contributed by atoms with Gasteiger partial charge in [0, 0.05) is 12.2 Å². The van der Waals surface area contributed by atoms with Crippen LogP contribution in [0.3, 0.4) is 0 Å².